The second kappa shape index (κ2) is 5.39. The van der Waals surface area contributed by atoms with Crippen LogP contribution in [-0.2, 0) is 9.59 Å². The van der Waals surface area contributed by atoms with Crippen LogP contribution in [-0.4, -0.2) is 24.9 Å². The smallest absolute Gasteiger partial charge is 0.246 e. The zero-order valence-corrected chi connectivity index (χ0v) is 11.4. The van der Waals surface area contributed by atoms with Crippen molar-refractivity contribution in [2.24, 2.45) is 5.73 Å². The highest BCUT2D eigenvalue weighted by atomic mass is 79.9. The monoisotopic (exact) mass is 311 g/mol. The van der Waals surface area contributed by atoms with Crippen molar-refractivity contribution in [2.75, 3.05) is 23.3 Å². The van der Waals surface area contributed by atoms with Gasteiger partial charge in [-0.25, -0.2) is 0 Å². The first-order chi connectivity index (χ1) is 8.58. The third-order valence-electron chi connectivity index (χ3n) is 2.79. The molecule has 1 aromatic rings. The molecule has 2 rings (SSSR count). The largest absolute Gasteiger partial charge is 0.374 e. The second-order valence-electron chi connectivity index (χ2n) is 4.13. The molecule has 0 fully saturated rings. The van der Waals surface area contributed by atoms with Crippen molar-refractivity contribution in [1.82, 2.24) is 0 Å². The third-order valence-corrected chi connectivity index (χ3v) is 3.28. The number of primary amides is 1. The van der Waals surface area contributed by atoms with Gasteiger partial charge in [-0.2, -0.15) is 0 Å². The highest BCUT2D eigenvalue weighted by Crippen LogP contribution is 2.32. The second-order valence-corrected chi connectivity index (χ2v) is 5.05. The molecule has 0 aromatic heterocycles. The Morgan fingerprint density at radius 1 is 1.50 bits per heavy atom. The molecule has 5 nitrogen and oxygen atoms in total. The van der Waals surface area contributed by atoms with E-state index in [-0.39, 0.29) is 18.4 Å². The lowest BCUT2D eigenvalue weighted by Gasteiger charge is -2.30. The molecule has 0 radical (unpaired) electrons. The van der Waals surface area contributed by atoms with Gasteiger partial charge in [0.2, 0.25) is 11.8 Å². The van der Waals surface area contributed by atoms with Gasteiger partial charge in [0.1, 0.15) is 0 Å². The predicted molar refractivity (Wildman–Crippen MR) is 73.4 cm³/mol. The molecule has 0 bridgehead atoms. The third kappa shape index (κ3) is 2.81. The van der Waals surface area contributed by atoms with E-state index in [0.29, 0.717) is 19.4 Å². The number of halogens is 1. The van der Waals surface area contributed by atoms with E-state index >= 15 is 0 Å². The average Bonchev–Trinajstić information content (AvgIpc) is 2.31. The summed E-state index contributed by atoms with van der Waals surface area (Å²) in [5.41, 5.74) is 6.86. The van der Waals surface area contributed by atoms with Crippen LogP contribution in [0, 0.1) is 0 Å². The molecule has 0 unspecified atom stereocenters. The molecule has 0 saturated carbocycles. The van der Waals surface area contributed by atoms with E-state index in [1.54, 1.807) is 4.90 Å². The number of nitrogens with one attached hydrogen (secondary N) is 1. The van der Waals surface area contributed by atoms with Gasteiger partial charge in [-0.15, -0.1) is 0 Å². The highest BCUT2D eigenvalue weighted by molar-refractivity contribution is 9.10. The maximum Gasteiger partial charge on any atom is 0.246 e. The molecule has 6 heteroatoms. The van der Waals surface area contributed by atoms with Crippen LogP contribution in [0.25, 0.3) is 0 Å². The van der Waals surface area contributed by atoms with E-state index in [2.05, 4.69) is 21.2 Å². The maximum absolute atomic E-state index is 11.9. The van der Waals surface area contributed by atoms with Gasteiger partial charge in [-0.3, -0.25) is 9.59 Å². The Labute approximate surface area is 113 Å². The fourth-order valence-corrected chi connectivity index (χ4v) is 2.30. The van der Waals surface area contributed by atoms with Gasteiger partial charge < -0.3 is 16.0 Å². The Morgan fingerprint density at radius 3 is 3.00 bits per heavy atom. The Hall–Kier alpha value is -1.56. The maximum atomic E-state index is 11.9. The van der Waals surface area contributed by atoms with Crippen molar-refractivity contribution < 1.29 is 9.59 Å². The number of benzene rings is 1. The van der Waals surface area contributed by atoms with Crippen molar-refractivity contribution in [3.05, 3.63) is 22.7 Å². The lowest BCUT2D eigenvalue weighted by molar-refractivity contribution is -0.119. The van der Waals surface area contributed by atoms with Crippen LogP contribution in [0.4, 0.5) is 11.4 Å². The number of nitrogens with zero attached hydrogens (tertiary/aromatic N) is 1. The van der Waals surface area contributed by atoms with E-state index in [1.165, 1.54) is 0 Å². The summed E-state index contributed by atoms with van der Waals surface area (Å²) in [7, 11) is 0. The van der Waals surface area contributed by atoms with Crippen LogP contribution in [0.2, 0.25) is 0 Å². The summed E-state index contributed by atoms with van der Waals surface area (Å²) in [6.45, 7) is 0.790. The molecule has 1 aliphatic heterocycles. The van der Waals surface area contributed by atoms with Crippen molar-refractivity contribution in [3.8, 4) is 0 Å². The van der Waals surface area contributed by atoms with Gasteiger partial charge in [0.05, 0.1) is 17.9 Å². The number of rotatable bonds is 4. The number of hydrogen-bond acceptors (Lipinski definition) is 3. The lowest BCUT2D eigenvalue weighted by Crippen LogP contribution is -2.40. The Balaban J connectivity index is 2.15. The van der Waals surface area contributed by atoms with Gasteiger partial charge >= 0.3 is 0 Å². The van der Waals surface area contributed by atoms with E-state index in [0.717, 1.165) is 15.8 Å². The van der Waals surface area contributed by atoms with Gasteiger partial charge in [0.15, 0.2) is 0 Å². The fourth-order valence-electron chi connectivity index (χ4n) is 1.94. The zero-order valence-electron chi connectivity index (χ0n) is 9.78. The standard InChI is InChI=1S/C12H14BrN3O2/c13-8-3-4-10-9(6-8)15-7-12(18)16(10)5-1-2-11(14)17/h3-4,6,15H,1-2,5,7H2,(H2,14,17). The highest BCUT2D eigenvalue weighted by Gasteiger charge is 2.23. The molecule has 1 heterocycles. The van der Waals surface area contributed by atoms with Gasteiger partial charge in [0.25, 0.3) is 0 Å². The van der Waals surface area contributed by atoms with E-state index in [9.17, 15) is 9.59 Å². The number of hydrogen-bond donors (Lipinski definition) is 2. The summed E-state index contributed by atoms with van der Waals surface area (Å²) < 4.78 is 0.959. The SMILES string of the molecule is NC(=O)CCCN1C(=O)CNc2cc(Br)ccc21. The van der Waals surface area contributed by atoms with Gasteiger partial charge in [-0.1, -0.05) is 15.9 Å². The minimum atomic E-state index is -0.339. The predicted octanol–water partition coefficient (Wildman–Crippen LogP) is 1.47. The number of nitrogens with two attached hydrogens (primary N) is 1. The summed E-state index contributed by atoms with van der Waals surface area (Å²) in [5, 5.41) is 3.07. The van der Waals surface area contributed by atoms with Crippen molar-refractivity contribution in [1.29, 1.82) is 0 Å². The van der Waals surface area contributed by atoms with E-state index in [1.807, 2.05) is 18.2 Å². The van der Waals surface area contributed by atoms with Crippen LogP contribution < -0.4 is 16.0 Å². The molecule has 0 aliphatic carbocycles. The minimum absolute atomic E-state index is 0.00860. The number of fused-ring (bicyclic) bond motifs is 1. The van der Waals surface area contributed by atoms with E-state index in [4.69, 9.17) is 5.73 Å². The Morgan fingerprint density at radius 2 is 2.28 bits per heavy atom. The molecule has 96 valence electrons. The Kier molecular flexibility index (Phi) is 3.86. The molecule has 0 saturated heterocycles. The molecule has 1 aliphatic rings. The first kappa shape index (κ1) is 12.9. The number of amides is 2. The molecule has 1 aromatic carbocycles. The number of anilines is 2. The summed E-state index contributed by atoms with van der Waals surface area (Å²) >= 11 is 3.39. The van der Waals surface area contributed by atoms with Gasteiger partial charge in [0, 0.05) is 17.4 Å². The molecular weight excluding hydrogens is 298 g/mol. The first-order valence-corrected chi connectivity index (χ1v) is 6.49. The van der Waals surface area contributed by atoms with Gasteiger partial charge in [-0.05, 0) is 24.6 Å². The lowest BCUT2D eigenvalue weighted by atomic mass is 10.1. The normalized spacial score (nSPS) is 14.1. The molecule has 18 heavy (non-hydrogen) atoms. The van der Waals surface area contributed by atoms with Crippen LogP contribution in [0.3, 0.4) is 0 Å². The van der Waals surface area contributed by atoms with Crippen LogP contribution in [0.15, 0.2) is 22.7 Å². The minimum Gasteiger partial charge on any atom is -0.374 e. The topological polar surface area (TPSA) is 75.4 Å². The summed E-state index contributed by atoms with van der Waals surface area (Å²) in [4.78, 5) is 24.3. The first-order valence-electron chi connectivity index (χ1n) is 5.70. The van der Waals surface area contributed by atoms with Crippen molar-refractivity contribution in [2.45, 2.75) is 12.8 Å². The van der Waals surface area contributed by atoms with Crippen molar-refractivity contribution in [3.63, 3.8) is 0 Å². The average molecular weight is 312 g/mol. The Bertz CT molecular complexity index is 490. The molecule has 0 spiro atoms. The number of carbonyl (C=O) groups is 2. The fraction of sp³-hybridized carbons (Fsp3) is 0.333. The van der Waals surface area contributed by atoms with Crippen LogP contribution in [0.5, 0.6) is 0 Å². The summed E-state index contributed by atoms with van der Waals surface area (Å²) in [6.07, 6.45) is 0.875. The molecular formula is C12H14BrN3O2. The quantitative estimate of drug-likeness (QED) is 0.884. The van der Waals surface area contributed by atoms with E-state index < -0.39 is 0 Å². The van der Waals surface area contributed by atoms with Crippen LogP contribution in [0.1, 0.15) is 12.8 Å². The summed E-state index contributed by atoms with van der Waals surface area (Å²) in [5.74, 6) is -0.331. The molecule has 2 amide bonds. The summed E-state index contributed by atoms with van der Waals surface area (Å²) in [6, 6.07) is 5.71. The van der Waals surface area contributed by atoms with Crippen molar-refractivity contribution >= 4 is 39.1 Å². The number of carbonyl (C=O) groups excluding carboxylic acids is 2. The zero-order chi connectivity index (χ0) is 13.1. The van der Waals surface area contributed by atoms with Crippen LogP contribution >= 0.6 is 15.9 Å². The molecule has 3 N–H and O–H groups in total. The molecule has 0 atom stereocenters.